The van der Waals surface area contributed by atoms with Crippen molar-refractivity contribution in [3.8, 4) is 0 Å². The van der Waals surface area contributed by atoms with Crippen LogP contribution in [0.4, 0.5) is 23.0 Å². The Morgan fingerprint density at radius 1 is 1.00 bits per heavy atom. The molecule has 35 heavy (non-hydrogen) atoms. The second kappa shape index (κ2) is 9.94. The summed E-state index contributed by atoms with van der Waals surface area (Å²) in [6.45, 7) is 8.26. The van der Waals surface area contributed by atoms with E-state index in [0.29, 0.717) is 12.5 Å². The van der Waals surface area contributed by atoms with Crippen LogP contribution in [0.15, 0.2) is 73.6 Å². The molecule has 0 atom stereocenters. The second-order valence-corrected chi connectivity index (χ2v) is 8.63. The van der Waals surface area contributed by atoms with Crippen molar-refractivity contribution in [2.75, 3.05) is 48.8 Å². The number of carbonyl (C=O) groups is 1. The van der Waals surface area contributed by atoms with Crippen LogP contribution in [0.5, 0.6) is 0 Å². The monoisotopic (exact) mass is 468 g/mol. The molecule has 4 aromatic rings. The lowest BCUT2D eigenvalue weighted by Crippen LogP contribution is -2.44. The van der Waals surface area contributed by atoms with Gasteiger partial charge in [0, 0.05) is 49.4 Å². The maximum Gasteiger partial charge on any atom is 0.247 e. The average Bonchev–Trinajstić information content (AvgIpc) is 3.28. The molecule has 3 heterocycles. The van der Waals surface area contributed by atoms with E-state index >= 15 is 0 Å². The zero-order valence-corrected chi connectivity index (χ0v) is 19.7. The minimum Gasteiger partial charge on any atom is -0.369 e. The van der Waals surface area contributed by atoms with E-state index in [-0.39, 0.29) is 5.91 Å². The smallest absolute Gasteiger partial charge is 0.247 e. The van der Waals surface area contributed by atoms with Crippen molar-refractivity contribution < 1.29 is 4.79 Å². The number of amides is 1. The van der Waals surface area contributed by atoms with Crippen molar-refractivity contribution in [1.29, 1.82) is 0 Å². The number of aromatic nitrogens is 4. The molecule has 1 aliphatic rings. The van der Waals surface area contributed by atoms with Gasteiger partial charge in [-0.15, -0.1) is 0 Å². The normalized spacial score (nSPS) is 14.1. The number of fused-ring (bicyclic) bond motifs is 1. The number of rotatable bonds is 7. The van der Waals surface area contributed by atoms with Crippen molar-refractivity contribution in [3.05, 3.63) is 79.1 Å². The van der Waals surface area contributed by atoms with Crippen molar-refractivity contribution in [2.45, 2.75) is 6.54 Å². The van der Waals surface area contributed by atoms with E-state index in [9.17, 15) is 4.79 Å². The topological polar surface area (TPSA) is 91.2 Å². The van der Waals surface area contributed by atoms with Crippen LogP contribution < -0.4 is 15.5 Å². The van der Waals surface area contributed by atoms with Gasteiger partial charge in [-0.3, -0.25) is 4.79 Å². The van der Waals surface area contributed by atoms with Gasteiger partial charge in [-0.05, 0) is 55.1 Å². The molecule has 2 aromatic heterocycles. The van der Waals surface area contributed by atoms with Crippen LogP contribution in [0.2, 0.25) is 0 Å². The second-order valence-electron chi connectivity index (χ2n) is 8.63. The van der Waals surface area contributed by atoms with E-state index in [1.54, 1.807) is 12.4 Å². The highest BCUT2D eigenvalue weighted by atomic mass is 16.1. The average molecular weight is 469 g/mol. The number of piperazine rings is 1. The Morgan fingerprint density at radius 3 is 2.43 bits per heavy atom. The Balaban J connectivity index is 1.27. The minimum atomic E-state index is -0.235. The maximum absolute atomic E-state index is 11.5. The Bertz CT molecular complexity index is 1320. The quantitative estimate of drug-likeness (QED) is 0.401. The number of nitrogens with zero attached hydrogens (tertiary/aromatic N) is 6. The molecule has 9 nitrogen and oxygen atoms in total. The van der Waals surface area contributed by atoms with E-state index in [1.807, 2.05) is 28.9 Å². The summed E-state index contributed by atoms with van der Waals surface area (Å²) >= 11 is 0. The molecule has 1 fully saturated rings. The maximum atomic E-state index is 11.5. The van der Waals surface area contributed by atoms with Crippen molar-refractivity contribution >= 4 is 40.0 Å². The summed E-state index contributed by atoms with van der Waals surface area (Å²) in [7, 11) is 2.16. The lowest BCUT2D eigenvalue weighted by Gasteiger charge is -2.34. The Hall–Kier alpha value is -4.24. The fourth-order valence-corrected chi connectivity index (χ4v) is 4.05. The standard InChI is InChI=1S/C26H28N8O/c1-3-24(35)29-21-6-4-19(5-7-21)18-34-25-20(17-28-34)16-27-26(31-25)30-22-8-10-23(11-9-22)33-14-12-32(2)13-15-33/h3-11,16-17H,1,12-15,18H2,2H3,(H,29,35)(H,27,30,31). The third kappa shape index (κ3) is 5.30. The molecule has 0 aliphatic carbocycles. The number of likely N-dealkylation sites (N-methyl/N-ethyl adjacent to an activating group) is 1. The number of anilines is 4. The van der Waals surface area contributed by atoms with E-state index in [1.165, 1.54) is 11.8 Å². The Morgan fingerprint density at radius 2 is 1.71 bits per heavy atom. The van der Waals surface area contributed by atoms with Crippen LogP contribution in [-0.4, -0.2) is 63.8 Å². The summed E-state index contributed by atoms with van der Waals surface area (Å²) in [5.41, 5.74) is 4.68. The fraction of sp³-hybridized carbons (Fsp3) is 0.231. The summed E-state index contributed by atoms with van der Waals surface area (Å²) in [6.07, 6.45) is 4.79. The highest BCUT2D eigenvalue weighted by Crippen LogP contribution is 2.22. The highest BCUT2D eigenvalue weighted by Gasteiger charge is 2.14. The van der Waals surface area contributed by atoms with Crippen LogP contribution in [0.3, 0.4) is 0 Å². The number of nitrogens with one attached hydrogen (secondary N) is 2. The summed E-state index contributed by atoms with van der Waals surface area (Å²) in [4.78, 5) is 25.4. The van der Waals surface area contributed by atoms with Gasteiger partial charge in [-0.1, -0.05) is 18.7 Å². The first-order chi connectivity index (χ1) is 17.1. The fourth-order valence-electron chi connectivity index (χ4n) is 4.05. The summed E-state index contributed by atoms with van der Waals surface area (Å²) in [5.74, 6) is 0.288. The molecule has 5 rings (SSSR count). The van der Waals surface area contributed by atoms with Crippen molar-refractivity contribution in [2.24, 2.45) is 0 Å². The molecular weight excluding hydrogens is 440 g/mol. The lowest BCUT2D eigenvalue weighted by atomic mass is 10.2. The molecule has 0 unspecified atom stereocenters. The third-order valence-electron chi connectivity index (χ3n) is 6.11. The predicted molar refractivity (Wildman–Crippen MR) is 139 cm³/mol. The molecule has 2 N–H and O–H groups in total. The van der Waals surface area contributed by atoms with Crippen LogP contribution in [0, 0.1) is 0 Å². The Kier molecular flexibility index (Phi) is 6.40. The largest absolute Gasteiger partial charge is 0.369 e. The van der Waals surface area contributed by atoms with Gasteiger partial charge in [0.1, 0.15) is 0 Å². The summed E-state index contributed by atoms with van der Waals surface area (Å²) < 4.78 is 1.84. The van der Waals surface area contributed by atoms with Gasteiger partial charge in [0.05, 0.1) is 18.1 Å². The predicted octanol–water partition coefficient (Wildman–Crippen LogP) is 3.49. The van der Waals surface area contributed by atoms with Gasteiger partial charge in [0.15, 0.2) is 5.65 Å². The van der Waals surface area contributed by atoms with E-state index < -0.39 is 0 Å². The SMILES string of the molecule is C=CC(=O)Nc1ccc(Cn2ncc3cnc(Nc4ccc(N5CCN(C)CC5)cc4)nc32)cc1. The van der Waals surface area contributed by atoms with Gasteiger partial charge in [0.2, 0.25) is 11.9 Å². The summed E-state index contributed by atoms with van der Waals surface area (Å²) in [5, 5.41) is 11.4. The van der Waals surface area contributed by atoms with Gasteiger partial charge in [0.25, 0.3) is 0 Å². The van der Waals surface area contributed by atoms with Gasteiger partial charge in [-0.25, -0.2) is 9.67 Å². The number of hydrogen-bond donors (Lipinski definition) is 2. The first-order valence-electron chi connectivity index (χ1n) is 11.6. The highest BCUT2D eigenvalue weighted by molar-refractivity contribution is 5.98. The van der Waals surface area contributed by atoms with Crippen LogP contribution in [-0.2, 0) is 11.3 Å². The van der Waals surface area contributed by atoms with E-state index in [0.717, 1.165) is 54.2 Å². The van der Waals surface area contributed by atoms with Crippen LogP contribution in [0.25, 0.3) is 11.0 Å². The van der Waals surface area contributed by atoms with Crippen molar-refractivity contribution in [3.63, 3.8) is 0 Å². The van der Waals surface area contributed by atoms with Gasteiger partial charge < -0.3 is 20.4 Å². The van der Waals surface area contributed by atoms with Crippen LogP contribution >= 0.6 is 0 Å². The van der Waals surface area contributed by atoms with E-state index in [4.69, 9.17) is 4.98 Å². The first-order valence-corrected chi connectivity index (χ1v) is 11.6. The number of benzene rings is 2. The third-order valence-corrected chi connectivity index (χ3v) is 6.11. The summed E-state index contributed by atoms with van der Waals surface area (Å²) in [6, 6.07) is 16.0. The molecule has 178 valence electrons. The van der Waals surface area contributed by atoms with Crippen LogP contribution in [0.1, 0.15) is 5.56 Å². The molecule has 9 heteroatoms. The first kappa shape index (κ1) is 22.5. The molecule has 1 saturated heterocycles. The number of carbonyl (C=O) groups excluding carboxylic acids is 1. The van der Waals surface area contributed by atoms with Gasteiger partial charge >= 0.3 is 0 Å². The number of hydrogen-bond acceptors (Lipinski definition) is 7. The molecular formula is C26H28N8O. The van der Waals surface area contributed by atoms with Crippen molar-refractivity contribution in [1.82, 2.24) is 24.6 Å². The minimum absolute atomic E-state index is 0.235. The molecule has 0 saturated carbocycles. The zero-order valence-electron chi connectivity index (χ0n) is 19.7. The van der Waals surface area contributed by atoms with Gasteiger partial charge in [-0.2, -0.15) is 10.1 Å². The lowest BCUT2D eigenvalue weighted by molar-refractivity contribution is -0.111. The molecule has 0 bridgehead atoms. The molecule has 0 spiro atoms. The van der Waals surface area contributed by atoms with E-state index in [2.05, 4.69) is 68.4 Å². The molecule has 1 aliphatic heterocycles. The molecule has 1 amide bonds. The zero-order chi connectivity index (χ0) is 24.2. The Labute approximate surface area is 204 Å². The molecule has 0 radical (unpaired) electrons. The molecule has 2 aromatic carbocycles.